The molecule has 1 fully saturated rings. The summed E-state index contributed by atoms with van der Waals surface area (Å²) in [6, 6.07) is 14.1. The van der Waals surface area contributed by atoms with Crippen LogP contribution in [0.2, 0.25) is 0 Å². The zero-order chi connectivity index (χ0) is 17.3. The molecule has 2 aromatic rings. The molecule has 1 atom stereocenters. The van der Waals surface area contributed by atoms with Crippen LogP contribution in [0.15, 0.2) is 54.9 Å². The molecule has 0 spiro atoms. The van der Waals surface area contributed by atoms with Gasteiger partial charge >= 0.3 is 6.03 Å². The summed E-state index contributed by atoms with van der Waals surface area (Å²) in [5, 5.41) is 3.03. The summed E-state index contributed by atoms with van der Waals surface area (Å²) in [4.78, 5) is 18.6. The first-order valence-electron chi connectivity index (χ1n) is 8.88. The molecule has 0 aliphatic carbocycles. The molecule has 2 amide bonds. The van der Waals surface area contributed by atoms with E-state index in [1.54, 1.807) is 12.4 Å². The summed E-state index contributed by atoms with van der Waals surface area (Å²) in [6.45, 7) is 2.63. The third-order valence-electron chi connectivity index (χ3n) is 4.43. The molecule has 132 valence electrons. The van der Waals surface area contributed by atoms with E-state index < -0.39 is 0 Å². The number of carbonyl (C=O) groups excluding carboxylic acids is 1. The number of urea groups is 1. The Morgan fingerprint density at radius 1 is 1.16 bits per heavy atom. The van der Waals surface area contributed by atoms with E-state index in [4.69, 9.17) is 4.74 Å². The average Bonchev–Trinajstić information content (AvgIpc) is 3.18. The summed E-state index contributed by atoms with van der Waals surface area (Å²) < 4.78 is 5.59. The molecule has 1 N–H and O–H groups in total. The summed E-state index contributed by atoms with van der Waals surface area (Å²) in [5.41, 5.74) is 2.31. The molecule has 1 aromatic carbocycles. The first-order chi connectivity index (χ1) is 12.3. The minimum Gasteiger partial charge on any atom is -0.376 e. The number of carbonyl (C=O) groups is 1. The number of benzene rings is 1. The quantitative estimate of drug-likeness (QED) is 0.844. The Bertz CT molecular complexity index is 643. The molecular weight excluding hydrogens is 314 g/mol. The number of pyridine rings is 1. The summed E-state index contributed by atoms with van der Waals surface area (Å²) >= 11 is 0. The topological polar surface area (TPSA) is 54.5 Å². The van der Waals surface area contributed by atoms with Crippen LogP contribution in [0, 0.1) is 0 Å². The van der Waals surface area contributed by atoms with Gasteiger partial charge in [0.25, 0.3) is 0 Å². The first-order valence-corrected chi connectivity index (χ1v) is 8.88. The molecular formula is C20H25N3O2. The Kier molecular flexibility index (Phi) is 6.40. The molecule has 1 aromatic heterocycles. The molecule has 2 heterocycles. The van der Waals surface area contributed by atoms with E-state index in [1.807, 2.05) is 35.2 Å². The van der Waals surface area contributed by atoms with E-state index in [-0.39, 0.29) is 12.1 Å². The van der Waals surface area contributed by atoms with Crippen molar-refractivity contribution in [2.45, 2.75) is 31.9 Å². The van der Waals surface area contributed by atoms with Gasteiger partial charge in [0, 0.05) is 38.6 Å². The van der Waals surface area contributed by atoms with Crippen molar-refractivity contribution in [2.75, 3.05) is 19.7 Å². The lowest BCUT2D eigenvalue weighted by Gasteiger charge is -2.24. The van der Waals surface area contributed by atoms with Crippen molar-refractivity contribution in [1.82, 2.24) is 15.2 Å². The van der Waals surface area contributed by atoms with Gasteiger partial charge in [-0.15, -0.1) is 0 Å². The van der Waals surface area contributed by atoms with Crippen molar-refractivity contribution >= 4 is 6.03 Å². The van der Waals surface area contributed by atoms with Gasteiger partial charge in [0.05, 0.1) is 6.10 Å². The molecule has 0 bridgehead atoms. The molecule has 0 unspecified atom stereocenters. The molecule has 5 nitrogen and oxygen atoms in total. The minimum absolute atomic E-state index is 0.0387. The predicted molar refractivity (Wildman–Crippen MR) is 97.2 cm³/mol. The van der Waals surface area contributed by atoms with Crippen molar-refractivity contribution in [3.8, 4) is 0 Å². The second-order valence-corrected chi connectivity index (χ2v) is 6.33. The van der Waals surface area contributed by atoms with Crippen molar-refractivity contribution in [3.63, 3.8) is 0 Å². The number of nitrogens with zero attached hydrogens (tertiary/aromatic N) is 2. The number of aromatic nitrogens is 1. The standard InChI is InChI=1S/C20H25N3O2/c24-20(22-15-19-7-4-14-25-19)23(16-18-8-11-21-12-9-18)13-10-17-5-2-1-3-6-17/h1-3,5-6,8-9,11-12,19H,4,7,10,13-16H2,(H,22,24)/t19-/m0/s1. The van der Waals surface area contributed by atoms with Crippen molar-refractivity contribution < 1.29 is 9.53 Å². The highest BCUT2D eigenvalue weighted by Gasteiger charge is 2.19. The van der Waals surface area contributed by atoms with Gasteiger partial charge in [-0.05, 0) is 42.5 Å². The number of nitrogens with one attached hydrogen (secondary N) is 1. The Labute approximate surface area is 149 Å². The zero-order valence-electron chi connectivity index (χ0n) is 14.4. The zero-order valence-corrected chi connectivity index (χ0v) is 14.4. The van der Waals surface area contributed by atoms with Crippen LogP contribution in [0.1, 0.15) is 24.0 Å². The lowest BCUT2D eigenvalue weighted by atomic mass is 10.1. The lowest BCUT2D eigenvalue weighted by Crippen LogP contribution is -2.43. The molecule has 1 aliphatic heterocycles. The van der Waals surface area contributed by atoms with Crippen molar-refractivity contribution in [1.29, 1.82) is 0 Å². The molecule has 0 radical (unpaired) electrons. The number of rotatable bonds is 7. The maximum absolute atomic E-state index is 12.7. The van der Waals surface area contributed by atoms with Gasteiger partial charge in [0.2, 0.25) is 0 Å². The fourth-order valence-corrected chi connectivity index (χ4v) is 2.99. The highest BCUT2D eigenvalue weighted by atomic mass is 16.5. The smallest absolute Gasteiger partial charge is 0.317 e. The van der Waals surface area contributed by atoms with Crippen LogP contribution in [-0.2, 0) is 17.7 Å². The van der Waals surface area contributed by atoms with E-state index >= 15 is 0 Å². The lowest BCUT2D eigenvalue weighted by molar-refractivity contribution is 0.108. The van der Waals surface area contributed by atoms with E-state index in [9.17, 15) is 4.79 Å². The van der Waals surface area contributed by atoms with Crippen LogP contribution in [0.25, 0.3) is 0 Å². The first kappa shape index (κ1) is 17.4. The largest absolute Gasteiger partial charge is 0.376 e. The van der Waals surface area contributed by atoms with E-state index in [0.717, 1.165) is 31.4 Å². The van der Waals surface area contributed by atoms with E-state index in [1.165, 1.54) is 5.56 Å². The van der Waals surface area contributed by atoms with Crippen LogP contribution >= 0.6 is 0 Å². The van der Waals surface area contributed by atoms with Crippen LogP contribution in [-0.4, -0.2) is 41.7 Å². The van der Waals surface area contributed by atoms with Crippen LogP contribution in [0.4, 0.5) is 4.79 Å². The van der Waals surface area contributed by atoms with Gasteiger partial charge in [-0.3, -0.25) is 4.98 Å². The molecule has 1 saturated heterocycles. The molecule has 0 saturated carbocycles. The normalized spacial score (nSPS) is 16.6. The average molecular weight is 339 g/mol. The third kappa shape index (κ3) is 5.57. The van der Waals surface area contributed by atoms with Crippen LogP contribution in [0.3, 0.4) is 0 Å². The second-order valence-electron chi connectivity index (χ2n) is 6.33. The molecule has 3 rings (SSSR count). The Hall–Kier alpha value is -2.40. The Balaban J connectivity index is 1.59. The fourth-order valence-electron chi connectivity index (χ4n) is 2.99. The minimum atomic E-state index is -0.0387. The highest BCUT2D eigenvalue weighted by Crippen LogP contribution is 2.11. The monoisotopic (exact) mass is 339 g/mol. The number of hydrogen-bond donors (Lipinski definition) is 1. The third-order valence-corrected chi connectivity index (χ3v) is 4.43. The van der Waals surface area contributed by atoms with Crippen molar-refractivity contribution in [2.24, 2.45) is 0 Å². The van der Waals surface area contributed by atoms with Crippen LogP contribution < -0.4 is 5.32 Å². The van der Waals surface area contributed by atoms with Gasteiger partial charge in [-0.1, -0.05) is 30.3 Å². The fraction of sp³-hybridized carbons (Fsp3) is 0.400. The molecule has 5 heteroatoms. The maximum atomic E-state index is 12.7. The van der Waals surface area contributed by atoms with Gasteiger partial charge in [-0.2, -0.15) is 0 Å². The van der Waals surface area contributed by atoms with Gasteiger partial charge in [-0.25, -0.2) is 4.79 Å². The molecule has 1 aliphatic rings. The van der Waals surface area contributed by atoms with E-state index in [0.29, 0.717) is 19.6 Å². The summed E-state index contributed by atoms with van der Waals surface area (Å²) in [6.07, 6.45) is 6.61. The van der Waals surface area contributed by atoms with Gasteiger partial charge in [0.1, 0.15) is 0 Å². The van der Waals surface area contributed by atoms with Gasteiger partial charge in [0.15, 0.2) is 0 Å². The Morgan fingerprint density at radius 3 is 2.68 bits per heavy atom. The Morgan fingerprint density at radius 2 is 1.96 bits per heavy atom. The number of amides is 2. The summed E-state index contributed by atoms with van der Waals surface area (Å²) in [5.74, 6) is 0. The van der Waals surface area contributed by atoms with Gasteiger partial charge < -0.3 is 15.0 Å². The SMILES string of the molecule is O=C(NC[C@@H]1CCCO1)N(CCc1ccccc1)Cc1ccncc1. The molecule has 25 heavy (non-hydrogen) atoms. The van der Waals surface area contributed by atoms with E-state index in [2.05, 4.69) is 22.4 Å². The number of ether oxygens (including phenoxy) is 1. The second kappa shape index (κ2) is 9.18. The summed E-state index contributed by atoms with van der Waals surface area (Å²) in [7, 11) is 0. The highest BCUT2D eigenvalue weighted by molar-refractivity contribution is 5.74. The van der Waals surface area contributed by atoms with Crippen molar-refractivity contribution in [3.05, 3.63) is 66.0 Å². The predicted octanol–water partition coefficient (Wildman–Crippen LogP) is 3.01. The van der Waals surface area contributed by atoms with Crippen LogP contribution in [0.5, 0.6) is 0 Å². The number of hydrogen-bond acceptors (Lipinski definition) is 3. The maximum Gasteiger partial charge on any atom is 0.317 e.